The number of thiocyanates is 1. The van der Waals surface area contributed by atoms with Crippen molar-refractivity contribution in [2.45, 2.75) is 5.16 Å². The fraction of sp³-hybridized carbons (Fsp3) is 0. The predicted molar refractivity (Wildman–Crippen MR) is 40.1 cm³/mol. The Kier molecular flexibility index (Phi) is 2.08. The summed E-state index contributed by atoms with van der Waals surface area (Å²) in [7, 11) is 0. The molecule has 11 heavy (non-hydrogen) atoms. The standard InChI is InChI=1S/C4H4N6S/c5-1-11-4-9-2(6)8-3(7)10-4/h(H4,6,7,8,9,10). The van der Waals surface area contributed by atoms with E-state index >= 15 is 0 Å². The van der Waals surface area contributed by atoms with Crippen molar-refractivity contribution in [3.63, 3.8) is 0 Å². The summed E-state index contributed by atoms with van der Waals surface area (Å²) < 4.78 is 0. The number of rotatable bonds is 1. The van der Waals surface area contributed by atoms with E-state index in [0.717, 1.165) is 11.8 Å². The Bertz CT molecular complexity index is 284. The van der Waals surface area contributed by atoms with Crippen LogP contribution in [0, 0.1) is 10.7 Å². The van der Waals surface area contributed by atoms with Crippen molar-refractivity contribution in [3.8, 4) is 5.40 Å². The van der Waals surface area contributed by atoms with Crippen molar-refractivity contribution >= 4 is 23.7 Å². The van der Waals surface area contributed by atoms with E-state index in [-0.39, 0.29) is 17.1 Å². The van der Waals surface area contributed by atoms with Crippen molar-refractivity contribution < 1.29 is 0 Å². The predicted octanol–water partition coefficient (Wildman–Crippen LogP) is -0.391. The zero-order valence-electron chi connectivity index (χ0n) is 5.35. The van der Waals surface area contributed by atoms with Gasteiger partial charge in [-0.05, 0) is 0 Å². The topological polar surface area (TPSA) is 114 Å². The first-order valence-corrected chi connectivity index (χ1v) is 3.37. The maximum Gasteiger partial charge on any atom is 0.225 e. The Labute approximate surface area is 66.7 Å². The zero-order chi connectivity index (χ0) is 8.27. The molecule has 0 aliphatic carbocycles. The lowest BCUT2D eigenvalue weighted by Gasteiger charge is -1.94. The molecule has 4 N–H and O–H groups in total. The smallest absolute Gasteiger partial charge is 0.225 e. The quantitative estimate of drug-likeness (QED) is 0.433. The number of nitrogens with zero attached hydrogens (tertiary/aromatic N) is 4. The third kappa shape index (κ3) is 1.94. The van der Waals surface area contributed by atoms with E-state index in [2.05, 4.69) is 15.0 Å². The van der Waals surface area contributed by atoms with Gasteiger partial charge in [0, 0.05) is 11.8 Å². The molecule has 0 aliphatic rings. The van der Waals surface area contributed by atoms with Crippen LogP contribution in [0.2, 0.25) is 0 Å². The van der Waals surface area contributed by atoms with Crippen LogP contribution in [0.15, 0.2) is 5.16 Å². The van der Waals surface area contributed by atoms with Crippen molar-refractivity contribution in [2.75, 3.05) is 11.5 Å². The summed E-state index contributed by atoms with van der Waals surface area (Å²) in [5, 5.41) is 10.2. The number of hydrogen-bond donors (Lipinski definition) is 2. The maximum atomic E-state index is 8.23. The third-order valence-corrected chi connectivity index (χ3v) is 1.24. The molecule has 0 spiro atoms. The van der Waals surface area contributed by atoms with Gasteiger partial charge in [-0.3, -0.25) is 0 Å². The molecule has 6 nitrogen and oxygen atoms in total. The van der Waals surface area contributed by atoms with Crippen molar-refractivity contribution in [3.05, 3.63) is 0 Å². The summed E-state index contributed by atoms with van der Waals surface area (Å²) in [5.74, 6) is 0.0468. The van der Waals surface area contributed by atoms with E-state index in [1.165, 1.54) is 0 Å². The van der Waals surface area contributed by atoms with E-state index in [0.29, 0.717) is 0 Å². The number of thioether (sulfide) groups is 1. The molecule has 0 atom stereocenters. The van der Waals surface area contributed by atoms with Crippen LogP contribution in [0.4, 0.5) is 11.9 Å². The van der Waals surface area contributed by atoms with Crippen LogP contribution in [-0.2, 0) is 0 Å². The Hall–Kier alpha value is -1.55. The van der Waals surface area contributed by atoms with Gasteiger partial charge in [0.2, 0.25) is 17.1 Å². The van der Waals surface area contributed by atoms with E-state index < -0.39 is 0 Å². The van der Waals surface area contributed by atoms with Crippen molar-refractivity contribution in [2.24, 2.45) is 0 Å². The fourth-order valence-corrected chi connectivity index (χ4v) is 0.835. The molecular weight excluding hydrogens is 164 g/mol. The Morgan fingerprint density at radius 2 is 1.73 bits per heavy atom. The SMILES string of the molecule is N#CSc1nc(N)nc(N)n1. The number of hydrogen-bond acceptors (Lipinski definition) is 7. The van der Waals surface area contributed by atoms with Gasteiger partial charge in [-0.25, -0.2) is 0 Å². The molecule has 0 aromatic carbocycles. The van der Waals surface area contributed by atoms with Gasteiger partial charge in [0.1, 0.15) is 5.40 Å². The van der Waals surface area contributed by atoms with E-state index in [4.69, 9.17) is 16.7 Å². The molecule has 1 aromatic heterocycles. The molecule has 0 radical (unpaired) electrons. The van der Waals surface area contributed by atoms with Gasteiger partial charge in [-0.2, -0.15) is 20.2 Å². The molecule has 0 bridgehead atoms. The van der Waals surface area contributed by atoms with Crippen molar-refractivity contribution in [1.29, 1.82) is 5.26 Å². The van der Waals surface area contributed by atoms with Crippen LogP contribution in [0.5, 0.6) is 0 Å². The molecule has 0 aliphatic heterocycles. The minimum atomic E-state index is 0.0234. The minimum Gasteiger partial charge on any atom is -0.368 e. The van der Waals surface area contributed by atoms with Crippen molar-refractivity contribution in [1.82, 2.24) is 15.0 Å². The molecular formula is C4H4N6S. The monoisotopic (exact) mass is 168 g/mol. The summed E-state index contributed by atoms with van der Waals surface area (Å²) >= 11 is 0.787. The second kappa shape index (κ2) is 3.03. The van der Waals surface area contributed by atoms with Gasteiger partial charge in [0.05, 0.1) is 0 Å². The maximum absolute atomic E-state index is 8.23. The summed E-state index contributed by atoms with van der Waals surface area (Å²) in [6.07, 6.45) is 0. The van der Waals surface area contributed by atoms with Gasteiger partial charge >= 0.3 is 0 Å². The summed E-state index contributed by atoms with van der Waals surface area (Å²) in [5.41, 5.74) is 10.4. The number of aromatic nitrogens is 3. The fourth-order valence-electron chi connectivity index (χ4n) is 0.475. The first-order chi connectivity index (χ1) is 5.22. The first kappa shape index (κ1) is 7.56. The van der Waals surface area contributed by atoms with Crippen LogP contribution in [0.1, 0.15) is 0 Å². The number of nitrogens with two attached hydrogens (primary N) is 2. The summed E-state index contributed by atoms with van der Waals surface area (Å²) in [4.78, 5) is 10.8. The molecule has 1 aromatic rings. The van der Waals surface area contributed by atoms with Gasteiger partial charge in [0.15, 0.2) is 0 Å². The lowest BCUT2D eigenvalue weighted by atomic mass is 10.9. The number of nitrogen functional groups attached to an aromatic ring is 2. The minimum absolute atomic E-state index is 0.0234. The summed E-state index contributed by atoms with van der Waals surface area (Å²) in [6, 6.07) is 0. The van der Waals surface area contributed by atoms with Gasteiger partial charge in [0.25, 0.3) is 0 Å². The highest BCUT2D eigenvalue weighted by atomic mass is 32.2. The van der Waals surface area contributed by atoms with E-state index in [9.17, 15) is 0 Å². The van der Waals surface area contributed by atoms with Crippen LogP contribution in [0.3, 0.4) is 0 Å². The normalized spacial score (nSPS) is 9.00. The number of anilines is 2. The molecule has 0 amide bonds. The average Bonchev–Trinajstić information content (AvgIpc) is 1.85. The molecule has 0 unspecified atom stereocenters. The molecule has 0 saturated heterocycles. The highest BCUT2D eigenvalue weighted by Crippen LogP contribution is 2.11. The van der Waals surface area contributed by atoms with E-state index in [1.807, 2.05) is 0 Å². The summed E-state index contributed by atoms with van der Waals surface area (Å²) in [6.45, 7) is 0. The second-order valence-corrected chi connectivity index (χ2v) is 2.28. The zero-order valence-corrected chi connectivity index (χ0v) is 6.17. The third-order valence-electron chi connectivity index (χ3n) is 0.786. The highest BCUT2D eigenvalue weighted by molar-refractivity contribution is 8.03. The van der Waals surface area contributed by atoms with Crippen LogP contribution < -0.4 is 11.5 Å². The van der Waals surface area contributed by atoms with Gasteiger partial charge < -0.3 is 11.5 Å². The second-order valence-electron chi connectivity index (χ2n) is 1.53. The lowest BCUT2D eigenvalue weighted by molar-refractivity contribution is 0.933. The molecule has 56 valence electrons. The van der Waals surface area contributed by atoms with Crippen LogP contribution in [0.25, 0.3) is 0 Å². The first-order valence-electron chi connectivity index (χ1n) is 2.55. The molecule has 7 heteroatoms. The van der Waals surface area contributed by atoms with Gasteiger partial charge in [-0.15, -0.1) is 0 Å². The van der Waals surface area contributed by atoms with Crippen LogP contribution >= 0.6 is 11.8 Å². The Balaban J connectivity index is 3.01. The lowest BCUT2D eigenvalue weighted by Crippen LogP contribution is -2.03. The average molecular weight is 168 g/mol. The molecule has 0 saturated carbocycles. The van der Waals surface area contributed by atoms with Gasteiger partial charge in [-0.1, -0.05) is 0 Å². The van der Waals surface area contributed by atoms with Crippen LogP contribution in [-0.4, -0.2) is 15.0 Å². The Morgan fingerprint density at radius 3 is 2.18 bits per heavy atom. The largest absolute Gasteiger partial charge is 0.368 e. The number of nitriles is 1. The Morgan fingerprint density at radius 1 is 1.18 bits per heavy atom. The molecule has 1 rings (SSSR count). The highest BCUT2D eigenvalue weighted by Gasteiger charge is 2.00. The molecule has 1 heterocycles. The molecule has 0 fully saturated rings. The van der Waals surface area contributed by atoms with E-state index in [1.54, 1.807) is 5.40 Å².